The van der Waals surface area contributed by atoms with E-state index in [0.29, 0.717) is 5.92 Å². The second kappa shape index (κ2) is 6.17. The number of nitrogens with two attached hydrogens (primary N) is 1. The maximum Gasteiger partial charge on any atom is 0.134 e. The molecule has 1 atom stereocenters. The van der Waals surface area contributed by atoms with Crippen LogP contribution in [0.4, 0.5) is 0 Å². The van der Waals surface area contributed by atoms with Gasteiger partial charge in [0.1, 0.15) is 11.3 Å². The molecule has 20 heavy (non-hydrogen) atoms. The molecule has 3 rings (SSSR count). The number of hydrogen-bond donors (Lipinski definition) is 2. The number of fused-ring (bicyclic) bond motifs is 1. The number of halogens is 1. The largest absolute Gasteiger partial charge is 0.459 e. The molecule has 3 N–H and O–H groups in total. The quantitative estimate of drug-likeness (QED) is 0.495. The monoisotopic (exact) mass is 292 g/mol. The van der Waals surface area contributed by atoms with Crippen LogP contribution in [0.15, 0.2) is 28.7 Å². The van der Waals surface area contributed by atoms with E-state index in [1.165, 1.54) is 38.5 Å². The molecule has 0 saturated heterocycles. The highest BCUT2D eigenvalue weighted by Gasteiger charge is 2.26. The van der Waals surface area contributed by atoms with Crippen molar-refractivity contribution in [1.29, 1.82) is 0 Å². The van der Waals surface area contributed by atoms with Gasteiger partial charge in [-0.15, -0.1) is 0 Å². The fourth-order valence-electron chi connectivity index (χ4n) is 3.28. The zero-order chi connectivity index (χ0) is 13.9. The number of nitrogens with one attached hydrogen (secondary N) is 1. The summed E-state index contributed by atoms with van der Waals surface area (Å²) in [4.78, 5) is 0. The summed E-state index contributed by atoms with van der Waals surface area (Å²) in [6.07, 6.45) is 7.68. The van der Waals surface area contributed by atoms with E-state index in [1.807, 2.05) is 18.2 Å². The van der Waals surface area contributed by atoms with E-state index >= 15 is 0 Å². The molecule has 1 heterocycles. The van der Waals surface area contributed by atoms with Gasteiger partial charge < -0.3 is 4.42 Å². The number of hydrogen-bond acceptors (Lipinski definition) is 3. The van der Waals surface area contributed by atoms with Crippen molar-refractivity contribution in [3.63, 3.8) is 0 Å². The minimum Gasteiger partial charge on any atom is -0.459 e. The van der Waals surface area contributed by atoms with Crippen molar-refractivity contribution in [3.8, 4) is 0 Å². The summed E-state index contributed by atoms with van der Waals surface area (Å²) in [5.74, 6) is 7.28. The van der Waals surface area contributed by atoms with Gasteiger partial charge in [-0.2, -0.15) is 0 Å². The Labute approximate surface area is 124 Å². The summed E-state index contributed by atoms with van der Waals surface area (Å²) in [7, 11) is 0. The summed E-state index contributed by atoms with van der Waals surface area (Å²) < 4.78 is 5.97. The maximum atomic E-state index is 6.03. The Morgan fingerprint density at radius 1 is 1.15 bits per heavy atom. The zero-order valence-electron chi connectivity index (χ0n) is 11.6. The molecule has 4 heteroatoms. The first kappa shape index (κ1) is 13.9. The van der Waals surface area contributed by atoms with Gasteiger partial charge >= 0.3 is 0 Å². The molecule has 0 bridgehead atoms. The Bertz CT molecular complexity index is 573. The average molecular weight is 293 g/mol. The van der Waals surface area contributed by atoms with Crippen LogP contribution in [0.5, 0.6) is 0 Å². The van der Waals surface area contributed by atoms with E-state index < -0.39 is 0 Å². The molecule has 2 aromatic rings. The van der Waals surface area contributed by atoms with Gasteiger partial charge in [0.15, 0.2) is 0 Å². The fourth-order valence-corrected chi connectivity index (χ4v) is 3.46. The van der Waals surface area contributed by atoms with Crippen LogP contribution in [0.2, 0.25) is 5.02 Å². The number of rotatable bonds is 3. The van der Waals surface area contributed by atoms with Crippen LogP contribution in [0.3, 0.4) is 0 Å². The SMILES string of the molecule is NNC(c1cc2cc(Cl)ccc2o1)C1CCCCCC1. The van der Waals surface area contributed by atoms with E-state index in [9.17, 15) is 0 Å². The molecule has 1 saturated carbocycles. The number of benzene rings is 1. The van der Waals surface area contributed by atoms with Gasteiger partial charge in [-0.05, 0) is 43.0 Å². The summed E-state index contributed by atoms with van der Waals surface area (Å²) >= 11 is 6.03. The molecule has 1 fully saturated rings. The maximum absolute atomic E-state index is 6.03. The first-order valence-electron chi connectivity index (χ1n) is 7.43. The molecule has 1 aromatic carbocycles. The Kier molecular flexibility index (Phi) is 4.29. The van der Waals surface area contributed by atoms with Crippen molar-refractivity contribution >= 4 is 22.6 Å². The summed E-state index contributed by atoms with van der Waals surface area (Å²) in [6.45, 7) is 0. The van der Waals surface area contributed by atoms with Crippen LogP contribution in [0.1, 0.15) is 50.3 Å². The Morgan fingerprint density at radius 2 is 1.90 bits per heavy atom. The van der Waals surface area contributed by atoms with Crippen molar-refractivity contribution in [2.24, 2.45) is 11.8 Å². The van der Waals surface area contributed by atoms with Crippen molar-refractivity contribution < 1.29 is 4.42 Å². The lowest BCUT2D eigenvalue weighted by Crippen LogP contribution is -2.33. The molecule has 0 amide bonds. The van der Waals surface area contributed by atoms with E-state index in [2.05, 4.69) is 11.5 Å². The predicted molar refractivity (Wildman–Crippen MR) is 82.5 cm³/mol. The van der Waals surface area contributed by atoms with Gasteiger partial charge in [-0.25, -0.2) is 5.43 Å². The topological polar surface area (TPSA) is 51.2 Å². The molecule has 1 unspecified atom stereocenters. The molecule has 1 aromatic heterocycles. The number of furan rings is 1. The minimum absolute atomic E-state index is 0.0966. The third-order valence-corrected chi connectivity index (χ3v) is 4.59. The second-order valence-electron chi connectivity index (χ2n) is 5.73. The average Bonchev–Trinajstić information content (AvgIpc) is 2.67. The highest BCUT2D eigenvalue weighted by molar-refractivity contribution is 6.31. The molecule has 3 nitrogen and oxygen atoms in total. The van der Waals surface area contributed by atoms with E-state index in [4.69, 9.17) is 21.9 Å². The van der Waals surface area contributed by atoms with Gasteiger partial charge in [0, 0.05) is 10.4 Å². The fraction of sp³-hybridized carbons (Fsp3) is 0.500. The third kappa shape index (κ3) is 2.85. The van der Waals surface area contributed by atoms with E-state index in [1.54, 1.807) is 0 Å². The summed E-state index contributed by atoms with van der Waals surface area (Å²) in [5.41, 5.74) is 3.84. The lowest BCUT2D eigenvalue weighted by molar-refractivity contribution is 0.291. The van der Waals surface area contributed by atoms with E-state index in [-0.39, 0.29) is 6.04 Å². The first-order valence-corrected chi connectivity index (χ1v) is 7.81. The van der Waals surface area contributed by atoms with Crippen molar-refractivity contribution in [1.82, 2.24) is 5.43 Å². The van der Waals surface area contributed by atoms with Gasteiger partial charge in [0.2, 0.25) is 0 Å². The van der Waals surface area contributed by atoms with Crippen LogP contribution in [-0.4, -0.2) is 0 Å². The lowest BCUT2D eigenvalue weighted by Gasteiger charge is -2.23. The highest BCUT2D eigenvalue weighted by atomic mass is 35.5. The first-order chi connectivity index (χ1) is 9.78. The van der Waals surface area contributed by atoms with Crippen molar-refractivity contribution in [2.45, 2.75) is 44.6 Å². The lowest BCUT2D eigenvalue weighted by atomic mass is 9.90. The van der Waals surface area contributed by atoms with Crippen LogP contribution in [0.25, 0.3) is 11.0 Å². The highest BCUT2D eigenvalue weighted by Crippen LogP contribution is 2.35. The smallest absolute Gasteiger partial charge is 0.134 e. The molecular weight excluding hydrogens is 272 g/mol. The molecule has 0 spiro atoms. The molecule has 0 radical (unpaired) electrons. The predicted octanol–water partition coefficient (Wildman–Crippen LogP) is 4.56. The molecule has 108 valence electrons. The van der Waals surface area contributed by atoms with Crippen LogP contribution >= 0.6 is 11.6 Å². The standard InChI is InChI=1S/C16H21ClN2O/c17-13-7-8-14-12(9-13)10-15(20-14)16(19-18)11-5-3-1-2-4-6-11/h7-11,16,19H,1-6,18H2. The van der Waals surface area contributed by atoms with Crippen LogP contribution in [0, 0.1) is 5.92 Å². The third-order valence-electron chi connectivity index (χ3n) is 4.35. The summed E-state index contributed by atoms with van der Waals surface area (Å²) in [6, 6.07) is 7.87. The van der Waals surface area contributed by atoms with Gasteiger partial charge in [0.25, 0.3) is 0 Å². The van der Waals surface area contributed by atoms with Gasteiger partial charge in [0.05, 0.1) is 6.04 Å². The minimum atomic E-state index is 0.0966. The van der Waals surface area contributed by atoms with Crippen molar-refractivity contribution in [2.75, 3.05) is 0 Å². The second-order valence-corrected chi connectivity index (χ2v) is 6.16. The molecular formula is C16H21ClN2O. The normalized spacial score (nSPS) is 19.1. The zero-order valence-corrected chi connectivity index (χ0v) is 12.3. The van der Waals surface area contributed by atoms with Crippen LogP contribution < -0.4 is 11.3 Å². The van der Waals surface area contributed by atoms with Crippen molar-refractivity contribution in [3.05, 3.63) is 35.0 Å². The van der Waals surface area contributed by atoms with E-state index in [0.717, 1.165) is 21.8 Å². The molecule has 0 aliphatic heterocycles. The molecule has 1 aliphatic rings. The Hall–Kier alpha value is -1.03. The summed E-state index contributed by atoms with van der Waals surface area (Å²) in [5, 5.41) is 1.78. The number of hydrazine groups is 1. The Balaban J connectivity index is 1.89. The Morgan fingerprint density at radius 3 is 2.60 bits per heavy atom. The molecule has 1 aliphatic carbocycles. The van der Waals surface area contributed by atoms with Crippen LogP contribution in [-0.2, 0) is 0 Å². The van der Waals surface area contributed by atoms with Gasteiger partial charge in [-0.3, -0.25) is 5.84 Å². The van der Waals surface area contributed by atoms with Gasteiger partial charge in [-0.1, -0.05) is 37.3 Å².